The number of rotatable bonds is 5. The molecule has 0 aromatic heterocycles. The summed E-state index contributed by atoms with van der Waals surface area (Å²) in [6.07, 6.45) is 2.34. The van der Waals surface area contributed by atoms with Crippen LogP contribution < -0.4 is 10.1 Å². The summed E-state index contributed by atoms with van der Waals surface area (Å²) >= 11 is 5.12. The lowest BCUT2D eigenvalue weighted by Gasteiger charge is -2.17. The van der Waals surface area contributed by atoms with Crippen LogP contribution in [0, 0.1) is 19.7 Å². The van der Waals surface area contributed by atoms with Gasteiger partial charge in [-0.3, -0.25) is 0 Å². The van der Waals surface area contributed by atoms with Crippen molar-refractivity contribution in [1.29, 1.82) is 0 Å². The molecule has 2 aromatic carbocycles. The van der Waals surface area contributed by atoms with E-state index in [-0.39, 0.29) is 18.2 Å². The van der Waals surface area contributed by atoms with Crippen molar-refractivity contribution in [1.82, 2.24) is 0 Å². The minimum absolute atomic E-state index is 0.272. The molecule has 0 atom stereocenters. The molecular formula is C20H22FNO2S. The molecule has 1 saturated carbocycles. The predicted molar refractivity (Wildman–Crippen MR) is 102 cm³/mol. The fourth-order valence-corrected chi connectivity index (χ4v) is 2.95. The maximum atomic E-state index is 14.2. The molecule has 0 saturated heterocycles. The van der Waals surface area contributed by atoms with Gasteiger partial charge in [-0.15, -0.1) is 0 Å². The van der Waals surface area contributed by atoms with Gasteiger partial charge >= 0.3 is 0 Å². The molecule has 1 aliphatic rings. The van der Waals surface area contributed by atoms with Gasteiger partial charge in [-0.25, -0.2) is 4.39 Å². The third-order valence-electron chi connectivity index (χ3n) is 4.57. The van der Waals surface area contributed by atoms with Crippen molar-refractivity contribution in [2.75, 3.05) is 12.4 Å². The summed E-state index contributed by atoms with van der Waals surface area (Å²) in [6, 6.07) is 9.29. The highest BCUT2D eigenvalue weighted by Crippen LogP contribution is 2.43. The van der Waals surface area contributed by atoms with Crippen LogP contribution in [0.5, 0.6) is 5.75 Å². The number of thiocarbonyl (C=S) groups is 1. The van der Waals surface area contributed by atoms with E-state index in [2.05, 4.69) is 11.4 Å². The van der Waals surface area contributed by atoms with E-state index in [1.165, 1.54) is 31.6 Å². The zero-order valence-corrected chi connectivity index (χ0v) is 15.5. The molecule has 0 amide bonds. The minimum Gasteiger partial charge on any atom is -0.486 e. The van der Waals surface area contributed by atoms with Gasteiger partial charge in [0.05, 0.1) is 7.11 Å². The van der Waals surface area contributed by atoms with Crippen molar-refractivity contribution < 1.29 is 13.9 Å². The normalized spacial score (nSPS) is 13.4. The summed E-state index contributed by atoms with van der Waals surface area (Å²) < 4.78 is 25.1. The summed E-state index contributed by atoms with van der Waals surface area (Å²) in [4.78, 5) is 0. The summed E-state index contributed by atoms with van der Waals surface area (Å²) in [5.41, 5.74) is 5.00. The van der Waals surface area contributed by atoms with Crippen LogP contribution in [-0.4, -0.2) is 12.3 Å². The molecule has 5 heteroatoms. The van der Waals surface area contributed by atoms with E-state index < -0.39 is 0 Å². The molecule has 0 bridgehead atoms. The average Bonchev–Trinajstić information content (AvgIpc) is 3.42. The van der Waals surface area contributed by atoms with Gasteiger partial charge in [0.15, 0.2) is 11.6 Å². The zero-order valence-electron chi connectivity index (χ0n) is 14.7. The quantitative estimate of drug-likeness (QED) is 0.739. The molecule has 25 heavy (non-hydrogen) atoms. The van der Waals surface area contributed by atoms with Crippen molar-refractivity contribution in [3.8, 4) is 5.75 Å². The highest BCUT2D eigenvalue weighted by molar-refractivity contribution is 7.80. The highest BCUT2D eigenvalue weighted by atomic mass is 32.1. The number of halogens is 1. The van der Waals surface area contributed by atoms with Gasteiger partial charge < -0.3 is 14.8 Å². The Labute approximate surface area is 153 Å². The monoisotopic (exact) mass is 359 g/mol. The highest BCUT2D eigenvalue weighted by Gasteiger charge is 2.27. The van der Waals surface area contributed by atoms with E-state index in [0.717, 1.165) is 22.4 Å². The molecule has 1 fully saturated rings. The lowest BCUT2D eigenvalue weighted by molar-refractivity contribution is 0.289. The maximum Gasteiger partial charge on any atom is 0.260 e. The largest absolute Gasteiger partial charge is 0.486 e. The molecule has 1 aliphatic carbocycles. The van der Waals surface area contributed by atoms with Crippen LogP contribution in [0.3, 0.4) is 0 Å². The second-order valence-electron chi connectivity index (χ2n) is 6.42. The molecule has 1 N–H and O–H groups in total. The van der Waals surface area contributed by atoms with E-state index in [9.17, 15) is 4.39 Å². The molecule has 0 spiro atoms. The van der Waals surface area contributed by atoms with Crippen LogP contribution in [0.1, 0.15) is 41.0 Å². The van der Waals surface area contributed by atoms with Crippen molar-refractivity contribution in [2.45, 2.75) is 39.2 Å². The first-order valence-corrected chi connectivity index (χ1v) is 8.76. The van der Waals surface area contributed by atoms with E-state index in [1.54, 1.807) is 6.07 Å². The van der Waals surface area contributed by atoms with Crippen LogP contribution in [0.25, 0.3) is 0 Å². The van der Waals surface area contributed by atoms with E-state index in [0.29, 0.717) is 11.1 Å². The molecule has 132 valence electrons. The van der Waals surface area contributed by atoms with Gasteiger partial charge in [0.25, 0.3) is 5.17 Å². The number of hydrogen-bond acceptors (Lipinski definition) is 3. The number of methoxy groups -OCH3 is 1. The van der Waals surface area contributed by atoms with Crippen LogP contribution in [0.15, 0.2) is 30.3 Å². The summed E-state index contributed by atoms with van der Waals surface area (Å²) in [6.45, 7) is 4.11. The fourth-order valence-electron chi connectivity index (χ4n) is 2.84. The van der Waals surface area contributed by atoms with Gasteiger partial charge in [-0.05, 0) is 79.7 Å². The van der Waals surface area contributed by atoms with E-state index in [1.807, 2.05) is 26.0 Å². The Kier molecular flexibility index (Phi) is 5.23. The first kappa shape index (κ1) is 17.7. The molecule has 3 nitrogen and oxygen atoms in total. The zero-order chi connectivity index (χ0) is 18.0. The van der Waals surface area contributed by atoms with Crippen molar-refractivity contribution in [3.05, 3.63) is 58.4 Å². The molecule has 0 radical (unpaired) electrons. The molecule has 3 rings (SSSR count). The molecular weight excluding hydrogens is 337 g/mol. The maximum absolute atomic E-state index is 14.2. The Morgan fingerprint density at radius 2 is 1.96 bits per heavy atom. The molecule has 0 unspecified atom stereocenters. The number of anilines is 1. The van der Waals surface area contributed by atoms with Crippen LogP contribution in [0.4, 0.5) is 10.1 Å². The molecule has 0 aliphatic heterocycles. The topological polar surface area (TPSA) is 30.5 Å². The van der Waals surface area contributed by atoms with Crippen molar-refractivity contribution >= 4 is 23.1 Å². The number of aryl methyl sites for hydroxylation is 2. The van der Waals surface area contributed by atoms with Crippen LogP contribution in [0.2, 0.25) is 0 Å². The van der Waals surface area contributed by atoms with Crippen molar-refractivity contribution in [3.63, 3.8) is 0 Å². The van der Waals surface area contributed by atoms with E-state index in [4.69, 9.17) is 21.7 Å². The van der Waals surface area contributed by atoms with Crippen molar-refractivity contribution in [2.24, 2.45) is 0 Å². The van der Waals surface area contributed by atoms with Crippen LogP contribution >= 0.6 is 12.2 Å². The van der Waals surface area contributed by atoms with E-state index >= 15 is 0 Å². The van der Waals surface area contributed by atoms with Gasteiger partial charge in [0.1, 0.15) is 6.61 Å². The molecule has 0 heterocycles. The average molecular weight is 359 g/mol. The smallest absolute Gasteiger partial charge is 0.260 e. The first-order chi connectivity index (χ1) is 12.0. The van der Waals surface area contributed by atoms with Gasteiger partial charge in [-0.2, -0.15) is 0 Å². The number of ether oxygens (including phenoxy) is 2. The Morgan fingerprint density at radius 1 is 1.24 bits per heavy atom. The number of benzene rings is 2. The standard InChI is InChI=1S/C20H22FNO2S/c1-12-9-17(21)19(10-13(12)2)24-11-16-15(14-7-8-14)5-4-6-18(16)22-20(25)23-3/h4-6,9-10,14H,7-8,11H2,1-3H3,(H,22,25). The lowest BCUT2D eigenvalue weighted by Crippen LogP contribution is -2.14. The second kappa shape index (κ2) is 7.40. The Hall–Kier alpha value is -2.14. The third kappa shape index (κ3) is 4.10. The number of hydrogen-bond donors (Lipinski definition) is 1. The fraction of sp³-hybridized carbons (Fsp3) is 0.350. The summed E-state index contributed by atoms with van der Waals surface area (Å²) in [7, 11) is 1.53. The SMILES string of the molecule is COC(=S)Nc1cccc(C2CC2)c1COc1cc(C)c(C)cc1F. The summed E-state index contributed by atoms with van der Waals surface area (Å²) in [5, 5.41) is 3.39. The minimum atomic E-state index is -0.339. The Morgan fingerprint density at radius 3 is 2.64 bits per heavy atom. The Balaban J connectivity index is 1.88. The second-order valence-corrected chi connectivity index (χ2v) is 6.79. The molecule has 2 aromatic rings. The van der Waals surface area contributed by atoms with Crippen LogP contribution in [-0.2, 0) is 11.3 Å². The Bertz CT molecular complexity index is 803. The number of nitrogens with one attached hydrogen (secondary N) is 1. The van der Waals surface area contributed by atoms with Gasteiger partial charge in [0, 0.05) is 11.3 Å². The first-order valence-electron chi connectivity index (χ1n) is 8.36. The lowest BCUT2D eigenvalue weighted by atomic mass is 10.0. The summed E-state index contributed by atoms with van der Waals surface area (Å²) in [5.74, 6) is 0.476. The third-order valence-corrected chi connectivity index (χ3v) is 4.84. The predicted octanol–water partition coefficient (Wildman–Crippen LogP) is 5.24. The van der Waals surface area contributed by atoms with Gasteiger partial charge in [-0.1, -0.05) is 12.1 Å². The van der Waals surface area contributed by atoms with Gasteiger partial charge in [0.2, 0.25) is 0 Å².